The van der Waals surface area contributed by atoms with Crippen LogP contribution in [0.1, 0.15) is 38.8 Å². The molecule has 0 spiro atoms. The average molecular weight is 359 g/mol. The number of likely N-dealkylation sites (tertiary alicyclic amines) is 1. The van der Waals surface area contributed by atoms with Crippen molar-refractivity contribution < 1.29 is 4.74 Å². The van der Waals surface area contributed by atoms with Crippen LogP contribution in [0.4, 0.5) is 0 Å². The van der Waals surface area contributed by atoms with Gasteiger partial charge in [0.2, 0.25) is 0 Å². The molecule has 0 aliphatic carbocycles. The first-order valence-corrected chi connectivity index (χ1v) is 9.70. The predicted molar refractivity (Wildman–Crippen MR) is 107 cm³/mol. The van der Waals surface area contributed by atoms with Gasteiger partial charge in [0.25, 0.3) is 0 Å². The van der Waals surface area contributed by atoms with Crippen molar-refractivity contribution in [3.63, 3.8) is 0 Å². The molecular weight excluding hydrogens is 324 g/mol. The van der Waals surface area contributed by atoms with Gasteiger partial charge in [-0.15, -0.1) is 0 Å². The SMILES string of the molecule is CN=C(NCc1ccccc1CN1CCOCC1)N1CC(C)(C)C1(C)C. The van der Waals surface area contributed by atoms with Crippen LogP contribution in [-0.2, 0) is 17.8 Å². The minimum Gasteiger partial charge on any atom is -0.379 e. The van der Waals surface area contributed by atoms with E-state index < -0.39 is 0 Å². The summed E-state index contributed by atoms with van der Waals surface area (Å²) in [7, 11) is 1.88. The Kier molecular flexibility index (Phi) is 5.58. The minimum atomic E-state index is 0.113. The normalized spacial score (nSPS) is 22.8. The van der Waals surface area contributed by atoms with Crippen LogP contribution in [-0.4, -0.2) is 61.2 Å². The molecule has 0 atom stereocenters. The Balaban J connectivity index is 1.64. The molecule has 0 bridgehead atoms. The van der Waals surface area contributed by atoms with Crippen molar-refractivity contribution in [2.24, 2.45) is 10.4 Å². The van der Waals surface area contributed by atoms with Crippen LogP contribution in [0.3, 0.4) is 0 Å². The zero-order valence-electron chi connectivity index (χ0n) is 17.0. The first-order valence-electron chi connectivity index (χ1n) is 9.70. The van der Waals surface area contributed by atoms with E-state index in [1.165, 1.54) is 11.1 Å². The van der Waals surface area contributed by atoms with Gasteiger partial charge in [-0.05, 0) is 25.0 Å². The van der Waals surface area contributed by atoms with Crippen LogP contribution in [0.5, 0.6) is 0 Å². The van der Waals surface area contributed by atoms with Crippen molar-refractivity contribution in [2.45, 2.75) is 46.3 Å². The smallest absolute Gasteiger partial charge is 0.194 e. The Morgan fingerprint density at radius 3 is 2.35 bits per heavy atom. The highest BCUT2D eigenvalue weighted by Gasteiger charge is 2.53. The van der Waals surface area contributed by atoms with E-state index in [-0.39, 0.29) is 5.54 Å². The van der Waals surface area contributed by atoms with Gasteiger partial charge in [0.05, 0.1) is 13.2 Å². The second kappa shape index (κ2) is 7.57. The fourth-order valence-corrected chi connectivity index (χ4v) is 3.75. The van der Waals surface area contributed by atoms with E-state index >= 15 is 0 Å². The van der Waals surface area contributed by atoms with E-state index in [1.54, 1.807) is 0 Å². The van der Waals surface area contributed by atoms with Crippen LogP contribution in [0.25, 0.3) is 0 Å². The number of hydrogen-bond donors (Lipinski definition) is 1. The molecule has 3 rings (SSSR count). The zero-order valence-corrected chi connectivity index (χ0v) is 17.0. The van der Waals surface area contributed by atoms with Crippen LogP contribution in [0.2, 0.25) is 0 Å². The summed E-state index contributed by atoms with van der Waals surface area (Å²) in [4.78, 5) is 9.39. The lowest BCUT2D eigenvalue weighted by atomic mass is 9.65. The van der Waals surface area contributed by atoms with Gasteiger partial charge in [0.1, 0.15) is 0 Å². The molecule has 0 amide bonds. The Morgan fingerprint density at radius 1 is 1.12 bits per heavy atom. The van der Waals surface area contributed by atoms with E-state index in [0.29, 0.717) is 5.41 Å². The molecule has 2 saturated heterocycles. The molecule has 1 N–H and O–H groups in total. The summed E-state index contributed by atoms with van der Waals surface area (Å²) in [5, 5.41) is 3.59. The summed E-state index contributed by atoms with van der Waals surface area (Å²) in [6.45, 7) is 15.8. The number of morpholine rings is 1. The van der Waals surface area contributed by atoms with Crippen molar-refractivity contribution in [3.8, 4) is 0 Å². The second-order valence-corrected chi connectivity index (χ2v) is 8.59. The highest BCUT2D eigenvalue weighted by atomic mass is 16.5. The Labute approximate surface area is 158 Å². The number of nitrogens with zero attached hydrogens (tertiary/aromatic N) is 3. The maximum atomic E-state index is 5.47. The molecule has 26 heavy (non-hydrogen) atoms. The maximum absolute atomic E-state index is 5.47. The predicted octanol–water partition coefficient (Wildman–Crippen LogP) is 2.71. The third kappa shape index (κ3) is 3.74. The van der Waals surface area contributed by atoms with Gasteiger partial charge >= 0.3 is 0 Å². The van der Waals surface area contributed by atoms with Gasteiger partial charge in [-0.2, -0.15) is 0 Å². The van der Waals surface area contributed by atoms with Crippen molar-refractivity contribution in [1.82, 2.24) is 15.1 Å². The van der Waals surface area contributed by atoms with Crippen LogP contribution in [0, 0.1) is 5.41 Å². The lowest BCUT2D eigenvalue weighted by Crippen LogP contribution is -2.72. The Bertz CT molecular complexity index is 647. The lowest BCUT2D eigenvalue weighted by molar-refractivity contribution is -0.0668. The van der Waals surface area contributed by atoms with E-state index in [2.05, 4.69) is 72.1 Å². The monoisotopic (exact) mass is 358 g/mol. The van der Waals surface area contributed by atoms with Gasteiger partial charge in [-0.25, -0.2) is 0 Å². The van der Waals surface area contributed by atoms with Gasteiger partial charge in [0.15, 0.2) is 5.96 Å². The molecule has 2 heterocycles. The third-order valence-corrected chi connectivity index (χ3v) is 6.40. The number of benzene rings is 1. The molecule has 2 aliphatic rings. The Hall–Kier alpha value is -1.59. The summed E-state index contributed by atoms with van der Waals surface area (Å²) in [6.07, 6.45) is 0. The van der Waals surface area contributed by atoms with Crippen LogP contribution < -0.4 is 5.32 Å². The molecule has 0 radical (unpaired) electrons. The highest BCUT2D eigenvalue weighted by molar-refractivity contribution is 5.82. The molecule has 5 heteroatoms. The van der Waals surface area contributed by atoms with E-state index in [9.17, 15) is 0 Å². The fraction of sp³-hybridized carbons (Fsp3) is 0.667. The molecule has 1 aromatic rings. The summed E-state index contributed by atoms with van der Waals surface area (Å²) in [6, 6.07) is 8.72. The summed E-state index contributed by atoms with van der Waals surface area (Å²) < 4.78 is 5.47. The number of rotatable bonds is 4. The van der Waals surface area contributed by atoms with Crippen molar-refractivity contribution in [3.05, 3.63) is 35.4 Å². The van der Waals surface area contributed by atoms with Crippen LogP contribution >= 0.6 is 0 Å². The first kappa shape index (κ1) is 19.2. The van der Waals surface area contributed by atoms with E-state index in [0.717, 1.165) is 51.9 Å². The fourth-order valence-electron chi connectivity index (χ4n) is 3.75. The van der Waals surface area contributed by atoms with E-state index in [4.69, 9.17) is 4.74 Å². The first-order chi connectivity index (χ1) is 12.3. The number of aliphatic imine (C=N–C) groups is 1. The van der Waals surface area contributed by atoms with Crippen molar-refractivity contribution >= 4 is 5.96 Å². The molecule has 2 aliphatic heterocycles. The Morgan fingerprint density at radius 2 is 1.77 bits per heavy atom. The molecule has 144 valence electrons. The molecule has 2 fully saturated rings. The van der Waals surface area contributed by atoms with Gasteiger partial charge in [-0.1, -0.05) is 38.1 Å². The highest BCUT2D eigenvalue weighted by Crippen LogP contribution is 2.46. The van der Waals surface area contributed by atoms with Gasteiger partial charge < -0.3 is 15.0 Å². The molecule has 0 unspecified atom stereocenters. The quantitative estimate of drug-likeness (QED) is 0.664. The molecular formula is C21H34N4O. The standard InChI is InChI=1S/C21H34N4O/c1-20(2)16-25(21(20,3)4)19(22-5)23-14-17-8-6-7-9-18(17)15-24-10-12-26-13-11-24/h6-9H,10-16H2,1-5H3,(H,22,23). The van der Waals surface area contributed by atoms with E-state index in [1.807, 2.05) is 7.05 Å². The van der Waals surface area contributed by atoms with Crippen LogP contribution in [0.15, 0.2) is 29.3 Å². The molecule has 1 aromatic carbocycles. The number of guanidine groups is 1. The van der Waals surface area contributed by atoms with Crippen molar-refractivity contribution in [2.75, 3.05) is 39.9 Å². The summed E-state index contributed by atoms with van der Waals surface area (Å²) in [5.41, 5.74) is 3.15. The average Bonchev–Trinajstić information content (AvgIpc) is 2.63. The molecule has 0 saturated carbocycles. The zero-order chi connectivity index (χ0) is 18.8. The summed E-state index contributed by atoms with van der Waals surface area (Å²) in [5.74, 6) is 0.996. The molecule has 5 nitrogen and oxygen atoms in total. The topological polar surface area (TPSA) is 40.1 Å². The minimum absolute atomic E-state index is 0.113. The van der Waals surface area contributed by atoms with Gasteiger partial charge in [0, 0.05) is 50.7 Å². The largest absolute Gasteiger partial charge is 0.379 e. The molecule has 0 aromatic heterocycles. The second-order valence-electron chi connectivity index (χ2n) is 8.59. The van der Waals surface area contributed by atoms with Gasteiger partial charge in [-0.3, -0.25) is 9.89 Å². The maximum Gasteiger partial charge on any atom is 0.194 e. The number of hydrogen-bond acceptors (Lipinski definition) is 3. The van der Waals surface area contributed by atoms with Crippen molar-refractivity contribution in [1.29, 1.82) is 0 Å². The third-order valence-electron chi connectivity index (χ3n) is 6.40. The number of ether oxygens (including phenoxy) is 1. The summed E-state index contributed by atoms with van der Waals surface area (Å²) >= 11 is 0. The lowest BCUT2D eigenvalue weighted by Gasteiger charge is -2.62. The number of nitrogens with one attached hydrogen (secondary N) is 1.